The van der Waals surface area contributed by atoms with Crippen LogP contribution in [0, 0.1) is 0 Å². The van der Waals surface area contributed by atoms with Gasteiger partial charge in [-0.3, -0.25) is 4.79 Å². The fourth-order valence-corrected chi connectivity index (χ4v) is 2.51. The van der Waals surface area contributed by atoms with Gasteiger partial charge in [0, 0.05) is 31.1 Å². The number of carbonyl (C=O) groups is 1. The summed E-state index contributed by atoms with van der Waals surface area (Å²) < 4.78 is 5.72. The molecule has 0 aliphatic carbocycles. The van der Waals surface area contributed by atoms with Crippen LogP contribution in [0.15, 0.2) is 48.5 Å². The maximum absolute atomic E-state index is 11.7. The van der Waals surface area contributed by atoms with E-state index in [1.807, 2.05) is 36.4 Å². The third-order valence-corrected chi connectivity index (χ3v) is 4.11. The second kappa shape index (κ2) is 8.34. The Hall–Kier alpha value is -2.08. The lowest BCUT2D eigenvalue weighted by atomic mass is 9.99. The van der Waals surface area contributed by atoms with Crippen LogP contribution in [0.25, 0.3) is 0 Å². The zero-order valence-electron chi connectivity index (χ0n) is 14.4. The molecule has 2 aromatic carbocycles. The number of ether oxygens (including phenoxy) is 1. The lowest BCUT2D eigenvalue weighted by Gasteiger charge is -2.24. The molecule has 134 valence electrons. The van der Waals surface area contributed by atoms with Gasteiger partial charge < -0.3 is 20.5 Å². The summed E-state index contributed by atoms with van der Waals surface area (Å²) in [7, 11) is 3.26. The SMILES string of the molecule is CN(C)C(=O)CC(N)(O)Cc1ccc(OCc2ccccc2Cl)cc1. The van der Waals surface area contributed by atoms with Crippen molar-refractivity contribution in [1.29, 1.82) is 0 Å². The van der Waals surface area contributed by atoms with Gasteiger partial charge in [-0.25, -0.2) is 0 Å². The molecule has 0 heterocycles. The minimum atomic E-state index is -1.58. The largest absolute Gasteiger partial charge is 0.489 e. The zero-order chi connectivity index (χ0) is 18.4. The lowest BCUT2D eigenvalue weighted by molar-refractivity contribution is -0.133. The predicted octanol–water partition coefficient (Wildman–Crippen LogP) is 2.59. The number of amides is 1. The van der Waals surface area contributed by atoms with Gasteiger partial charge in [0.05, 0.1) is 6.42 Å². The second-order valence-corrected chi connectivity index (χ2v) is 6.68. The van der Waals surface area contributed by atoms with Gasteiger partial charge in [0.1, 0.15) is 18.1 Å². The average molecular weight is 363 g/mol. The molecule has 1 amide bonds. The van der Waals surface area contributed by atoms with Crippen LogP contribution in [-0.4, -0.2) is 35.7 Å². The lowest BCUT2D eigenvalue weighted by Crippen LogP contribution is -2.46. The normalized spacial score (nSPS) is 13.2. The molecule has 2 aromatic rings. The molecule has 0 aliphatic rings. The minimum Gasteiger partial charge on any atom is -0.489 e. The molecular weight excluding hydrogens is 340 g/mol. The van der Waals surface area contributed by atoms with Crippen LogP contribution in [0.5, 0.6) is 5.75 Å². The molecule has 5 nitrogen and oxygen atoms in total. The van der Waals surface area contributed by atoms with E-state index in [0.29, 0.717) is 17.4 Å². The Balaban J connectivity index is 1.93. The van der Waals surface area contributed by atoms with E-state index in [1.54, 1.807) is 26.2 Å². The first-order valence-corrected chi connectivity index (χ1v) is 8.31. The third-order valence-electron chi connectivity index (χ3n) is 3.74. The monoisotopic (exact) mass is 362 g/mol. The van der Waals surface area contributed by atoms with E-state index in [2.05, 4.69) is 0 Å². The second-order valence-electron chi connectivity index (χ2n) is 6.27. The Labute approximate surface area is 153 Å². The molecular formula is C19H23ClN2O3. The molecule has 0 spiro atoms. The maximum Gasteiger partial charge on any atom is 0.226 e. The van der Waals surface area contributed by atoms with Crippen molar-refractivity contribution < 1.29 is 14.6 Å². The number of aliphatic hydroxyl groups is 1. The highest BCUT2D eigenvalue weighted by Gasteiger charge is 2.26. The first-order valence-electron chi connectivity index (χ1n) is 7.93. The smallest absolute Gasteiger partial charge is 0.226 e. The highest BCUT2D eigenvalue weighted by Crippen LogP contribution is 2.20. The van der Waals surface area contributed by atoms with Crippen LogP contribution >= 0.6 is 11.6 Å². The Morgan fingerprint density at radius 3 is 2.44 bits per heavy atom. The zero-order valence-corrected chi connectivity index (χ0v) is 15.2. The summed E-state index contributed by atoms with van der Waals surface area (Å²) in [5, 5.41) is 10.9. The fraction of sp³-hybridized carbons (Fsp3) is 0.316. The summed E-state index contributed by atoms with van der Waals surface area (Å²) in [4.78, 5) is 13.1. The third kappa shape index (κ3) is 6.05. The summed E-state index contributed by atoms with van der Waals surface area (Å²) >= 11 is 6.10. The topological polar surface area (TPSA) is 75.8 Å². The van der Waals surface area contributed by atoms with Gasteiger partial charge in [-0.1, -0.05) is 41.9 Å². The quantitative estimate of drug-likeness (QED) is 0.742. The number of nitrogens with two attached hydrogens (primary N) is 1. The molecule has 0 saturated heterocycles. The Morgan fingerprint density at radius 2 is 1.84 bits per heavy atom. The van der Waals surface area contributed by atoms with Crippen molar-refractivity contribution in [3.05, 3.63) is 64.7 Å². The van der Waals surface area contributed by atoms with Crippen molar-refractivity contribution in [2.24, 2.45) is 5.73 Å². The molecule has 0 bridgehead atoms. The van der Waals surface area contributed by atoms with Gasteiger partial charge in [-0.2, -0.15) is 0 Å². The average Bonchev–Trinajstić information content (AvgIpc) is 2.54. The standard InChI is InChI=1S/C19H23ClN2O3/c1-22(2)18(23)12-19(21,24)11-14-7-9-16(10-8-14)25-13-15-5-3-4-6-17(15)20/h3-10,24H,11-13,21H2,1-2H3. The fourth-order valence-electron chi connectivity index (χ4n) is 2.32. The summed E-state index contributed by atoms with van der Waals surface area (Å²) in [6.45, 7) is 0.372. The summed E-state index contributed by atoms with van der Waals surface area (Å²) in [5.41, 5.74) is 5.99. The predicted molar refractivity (Wildman–Crippen MR) is 98.4 cm³/mol. The highest BCUT2D eigenvalue weighted by molar-refractivity contribution is 6.31. The summed E-state index contributed by atoms with van der Waals surface area (Å²) in [6.07, 6.45) is 0.0438. The number of benzene rings is 2. The van der Waals surface area contributed by atoms with Crippen molar-refractivity contribution in [2.75, 3.05) is 14.1 Å². The van der Waals surface area contributed by atoms with E-state index < -0.39 is 5.72 Å². The van der Waals surface area contributed by atoms with Crippen LogP contribution in [0.3, 0.4) is 0 Å². The van der Waals surface area contributed by atoms with E-state index in [9.17, 15) is 9.90 Å². The van der Waals surface area contributed by atoms with Crippen LogP contribution < -0.4 is 10.5 Å². The molecule has 0 fully saturated rings. The first-order chi connectivity index (χ1) is 11.8. The van der Waals surface area contributed by atoms with Crippen LogP contribution in [-0.2, 0) is 17.8 Å². The van der Waals surface area contributed by atoms with E-state index in [-0.39, 0.29) is 18.7 Å². The molecule has 2 rings (SSSR count). The molecule has 0 radical (unpaired) electrons. The molecule has 3 N–H and O–H groups in total. The van der Waals surface area contributed by atoms with Gasteiger partial charge in [0.15, 0.2) is 0 Å². The molecule has 1 unspecified atom stereocenters. The number of hydrogen-bond acceptors (Lipinski definition) is 4. The van der Waals surface area contributed by atoms with Crippen molar-refractivity contribution in [3.8, 4) is 5.75 Å². The van der Waals surface area contributed by atoms with Crippen molar-refractivity contribution in [2.45, 2.75) is 25.2 Å². The first kappa shape index (κ1) is 19.2. The number of nitrogens with zero attached hydrogens (tertiary/aromatic N) is 1. The van der Waals surface area contributed by atoms with E-state index in [1.165, 1.54) is 4.90 Å². The Bertz CT molecular complexity index is 715. The van der Waals surface area contributed by atoms with Crippen molar-refractivity contribution >= 4 is 17.5 Å². The number of hydrogen-bond donors (Lipinski definition) is 2. The van der Waals surface area contributed by atoms with Gasteiger partial charge >= 0.3 is 0 Å². The number of carbonyl (C=O) groups excluding carboxylic acids is 1. The maximum atomic E-state index is 11.7. The van der Waals surface area contributed by atoms with E-state index in [0.717, 1.165) is 11.1 Å². The number of rotatable bonds is 7. The minimum absolute atomic E-state index is 0.134. The van der Waals surface area contributed by atoms with Gasteiger partial charge in [-0.05, 0) is 23.8 Å². The Kier molecular flexibility index (Phi) is 6.42. The summed E-state index contributed by atoms with van der Waals surface area (Å²) in [5.74, 6) is 0.471. The van der Waals surface area contributed by atoms with Crippen molar-refractivity contribution in [1.82, 2.24) is 4.90 Å². The van der Waals surface area contributed by atoms with Gasteiger partial charge in [-0.15, -0.1) is 0 Å². The molecule has 25 heavy (non-hydrogen) atoms. The molecule has 6 heteroatoms. The van der Waals surface area contributed by atoms with Gasteiger partial charge in [0.2, 0.25) is 5.91 Å². The molecule has 0 saturated carbocycles. The highest BCUT2D eigenvalue weighted by atomic mass is 35.5. The van der Waals surface area contributed by atoms with Crippen molar-refractivity contribution in [3.63, 3.8) is 0 Å². The van der Waals surface area contributed by atoms with E-state index >= 15 is 0 Å². The summed E-state index contributed by atoms with van der Waals surface area (Å²) in [6, 6.07) is 14.7. The molecule has 0 aromatic heterocycles. The molecule has 1 atom stereocenters. The van der Waals surface area contributed by atoms with Crippen LogP contribution in [0.2, 0.25) is 5.02 Å². The number of halogens is 1. The molecule has 0 aliphatic heterocycles. The van der Waals surface area contributed by atoms with Crippen LogP contribution in [0.1, 0.15) is 17.5 Å². The van der Waals surface area contributed by atoms with Gasteiger partial charge in [0.25, 0.3) is 0 Å². The van der Waals surface area contributed by atoms with Crippen LogP contribution in [0.4, 0.5) is 0 Å². The Morgan fingerprint density at radius 1 is 1.20 bits per heavy atom. The van der Waals surface area contributed by atoms with E-state index in [4.69, 9.17) is 22.1 Å².